The largest absolute Gasteiger partial charge is 0.447 e. The Bertz CT molecular complexity index is 373. The Balaban J connectivity index is 2.82. The second-order valence-electron chi connectivity index (χ2n) is 5.87. The molecule has 0 aromatic rings. The minimum absolute atomic E-state index is 0.0223. The van der Waals surface area contributed by atoms with Crippen LogP contribution in [0.1, 0.15) is 34.1 Å². The van der Waals surface area contributed by atoms with Crippen molar-refractivity contribution in [1.29, 1.82) is 0 Å². The summed E-state index contributed by atoms with van der Waals surface area (Å²) in [6.45, 7) is 6.34. The van der Waals surface area contributed by atoms with E-state index in [-0.39, 0.29) is 6.61 Å². The SMILES string of the molecule is C[C@H](CC(=O)N1C(=O)OC[C@@H]1C(C)(C)C)C(F)(F)F. The van der Waals surface area contributed by atoms with E-state index in [1.54, 1.807) is 20.8 Å². The van der Waals surface area contributed by atoms with Crippen LogP contribution in [0.15, 0.2) is 0 Å². The van der Waals surface area contributed by atoms with Crippen LogP contribution in [-0.2, 0) is 9.53 Å². The minimum Gasteiger partial charge on any atom is -0.447 e. The van der Waals surface area contributed by atoms with Crippen molar-refractivity contribution in [1.82, 2.24) is 4.90 Å². The Morgan fingerprint density at radius 2 is 1.95 bits per heavy atom. The molecule has 19 heavy (non-hydrogen) atoms. The summed E-state index contributed by atoms with van der Waals surface area (Å²) in [5.74, 6) is -2.62. The molecule has 7 heteroatoms. The molecular formula is C12H18F3NO3. The van der Waals surface area contributed by atoms with Gasteiger partial charge in [0.15, 0.2) is 0 Å². The van der Waals surface area contributed by atoms with Gasteiger partial charge in [-0.25, -0.2) is 9.69 Å². The number of imide groups is 1. The van der Waals surface area contributed by atoms with Gasteiger partial charge >= 0.3 is 12.3 Å². The summed E-state index contributed by atoms with van der Waals surface area (Å²) in [6.07, 6.45) is -6.05. The van der Waals surface area contributed by atoms with Crippen molar-refractivity contribution < 1.29 is 27.5 Å². The van der Waals surface area contributed by atoms with Gasteiger partial charge in [0.1, 0.15) is 6.61 Å². The lowest BCUT2D eigenvalue weighted by Crippen LogP contribution is -2.46. The van der Waals surface area contributed by atoms with Crippen molar-refractivity contribution >= 4 is 12.0 Å². The molecule has 1 aliphatic heterocycles. The number of carbonyl (C=O) groups is 2. The van der Waals surface area contributed by atoms with Crippen LogP contribution < -0.4 is 0 Å². The van der Waals surface area contributed by atoms with Crippen molar-refractivity contribution in [3.8, 4) is 0 Å². The van der Waals surface area contributed by atoms with Gasteiger partial charge in [-0.2, -0.15) is 13.2 Å². The van der Waals surface area contributed by atoms with E-state index in [9.17, 15) is 22.8 Å². The van der Waals surface area contributed by atoms with Gasteiger partial charge in [0.05, 0.1) is 12.0 Å². The topological polar surface area (TPSA) is 46.6 Å². The van der Waals surface area contributed by atoms with Gasteiger partial charge in [0.2, 0.25) is 5.91 Å². The fraction of sp³-hybridized carbons (Fsp3) is 0.833. The second-order valence-corrected chi connectivity index (χ2v) is 5.87. The zero-order valence-electron chi connectivity index (χ0n) is 11.4. The van der Waals surface area contributed by atoms with Crippen LogP contribution in [-0.4, -0.2) is 35.7 Å². The third kappa shape index (κ3) is 3.61. The number of hydrogen-bond acceptors (Lipinski definition) is 3. The van der Waals surface area contributed by atoms with Gasteiger partial charge in [-0.3, -0.25) is 4.79 Å². The number of carbonyl (C=O) groups excluding carboxylic acids is 2. The van der Waals surface area contributed by atoms with Crippen molar-refractivity contribution in [2.75, 3.05) is 6.61 Å². The van der Waals surface area contributed by atoms with Crippen LogP contribution in [0.5, 0.6) is 0 Å². The predicted octanol–water partition coefficient (Wildman–Crippen LogP) is 2.97. The van der Waals surface area contributed by atoms with Crippen molar-refractivity contribution in [3.63, 3.8) is 0 Å². The maximum Gasteiger partial charge on any atom is 0.416 e. The summed E-state index contributed by atoms with van der Waals surface area (Å²) in [5, 5.41) is 0. The predicted molar refractivity (Wildman–Crippen MR) is 61.3 cm³/mol. The zero-order valence-corrected chi connectivity index (χ0v) is 11.4. The van der Waals surface area contributed by atoms with Gasteiger partial charge < -0.3 is 4.74 Å². The summed E-state index contributed by atoms with van der Waals surface area (Å²) in [6, 6.07) is -0.534. The number of nitrogens with zero attached hydrogens (tertiary/aromatic N) is 1. The molecule has 0 aromatic heterocycles. The summed E-state index contributed by atoms with van der Waals surface area (Å²) in [5.41, 5.74) is -0.441. The van der Waals surface area contributed by atoms with E-state index < -0.39 is 42.0 Å². The van der Waals surface area contributed by atoms with E-state index in [4.69, 9.17) is 4.74 Å². The Kier molecular flexibility index (Phi) is 4.17. The smallest absolute Gasteiger partial charge is 0.416 e. The van der Waals surface area contributed by atoms with Crippen LogP contribution in [0, 0.1) is 11.3 Å². The quantitative estimate of drug-likeness (QED) is 0.781. The Morgan fingerprint density at radius 1 is 1.42 bits per heavy atom. The van der Waals surface area contributed by atoms with Gasteiger partial charge in [0.25, 0.3) is 0 Å². The zero-order chi connectivity index (χ0) is 15.0. The van der Waals surface area contributed by atoms with E-state index in [1.165, 1.54) is 0 Å². The lowest BCUT2D eigenvalue weighted by atomic mass is 9.86. The molecule has 0 unspecified atom stereocenters. The second kappa shape index (κ2) is 5.02. The average Bonchev–Trinajstić information content (AvgIpc) is 2.57. The van der Waals surface area contributed by atoms with Crippen molar-refractivity contribution in [3.05, 3.63) is 0 Å². The molecule has 2 amide bonds. The molecule has 1 rings (SSSR count). The van der Waals surface area contributed by atoms with E-state index in [2.05, 4.69) is 0 Å². The lowest BCUT2D eigenvalue weighted by molar-refractivity contribution is -0.176. The lowest BCUT2D eigenvalue weighted by Gasteiger charge is -2.31. The molecule has 1 saturated heterocycles. The highest BCUT2D eigenvalue weighted by Gasteiger charge is 2.46. The molecule has 0 aromatic carbocycles. The highest BCUT2D eigenvalue weighted by atomic mass is 19.4. The standard InChI is InChI=1S/C12H18F3NO3/c1-7(12(13,14)15)5-9(17)16-8(11(2,3)4)6-19-10(16)18/h7-8H,5-6H2,1-4H3/t7-,8-/m1/s1. The summed E-state index contributed by atoms with van der Waals surface area (Å²) in [7, 11) is 0. The molecule has 110 valence electrons. The molecule has 0 saturated carbocycles. The molecule has 0 bridgehead atoms. The summed E-state index contributed by atoms with van der Waals surface area (Å²) < 4.78 is 42.1. The van der Waals surface area contributed by atoms with Crippen LogP contribution in [0.4, 0.5) is 18.0 Å². The molecule has 4 nitrogen and oxygen atoms in total. The Morgan fingerprint density at radius 3 is 2.37 bits per heavy atom. The van der Waals surface area contributed by atoms with Crippen LogP contribution in [0.25, 0.3) is 0 Å². The van der Waals surface area contributed by atoms with Gasteiger partial charge in [-0.05, 0) is 5.41 Å². The number of amides is 2. The van der Waals surface area contributed by atoms with Crippen molar-refractivity contribution in [2.45, 2.75) is 46.3 Å². The van der Waals surface area contributed by atoms with Gasteiger partial charge in [0, 0.05) is 6.42 Å². The first-order chi connectivity index (χ1) is 8.44. The van der Waals surface area contributed by atoms with E-state index >= 15 is 0 Å². The number of halogens is 3. The van der Waals surface area contributed by atoms with E-state index in [0.29, 0.717) is 0 Å². The first kappa shape index (κ1) is 15.8. The molecule has 0 radical (unpaired) electrons. The van der Waals surface area contributed by atoms with E-state index in [1.807, 2.05) is 0 Å². The Labute approximate surface area is 109 Å². The maximum atomic E-state index is 12.4. The first-order valence-corrected chi connectivity index (χ1v) is 6.00. The van der Waals surface area contributed by atoms with Crippen LogP contribution >= 0.6 is 0 Å². The Hall–Kier alpha value is -1.27. The molecular weight excluding hydrogens is 263 g/mol. The molecule has 0 spiro atoms. The van der Waals surface area contributed by atoms with Gasteiger partial charge in [-0.1, -0.05) is 27.7 Å². The highest BCUT2D eigenvalue weighted by molar-refractivity contribution is 5.93. The third-order valence-electron chi connectivity index (χ3n) is 3.18. The fourth-order valence-electron chi connectivity index (χ4n) is 1.81. The normalized spacial score (nSPS) is 22.4. The molecule has 1 fully saturated rings. The molecule has 1 aliphatic rings. The minimum atomic E-state index is -4.45. The third-order valence-corrected chi connectivity index (χ3v) is 3.18. The van der Waals surface area contributed by atoms with Crippen molar-refractivity contribution in [2.24, 2.45) is 11.3 Å². The number of ether oxygens (including phenoxy) is 1. The molecule has 1 heterocycles. The summed E-state index contributed by atoms with van der Waals surface area (Å²) in [4.78, 5) is 24.2. The maximum absolute atomic E-state index is 12.4. The molecule has 0 N–H and O–H groups in total. The molecule has 2 atom stereocenters. The number of rotatable bonds is 2. The van der Waals surface area contributed by atoms with E-state index in [0.717, 1.165) is 11.8 Å². The first-order valence-electron chi connectivity index (χ1n) is 6.00. The summed E-state index contributed by atoms with van der Waals surface area (Å²) >= 11 is 0. The number of hydrogen-bond donors (Lipinski definition) is 0. The monoisotopic (exact) mass is 281 g/mol. The molecule has 0 aliphatic carbocycles. The average molecular weight is 281 g/mol. The van der Waals surface area contributed by atoms with Crippen LogP contribution in [0.3, 0.4) is 0 Å². The fourth-order valence-corrected chi connectivity index (χ4v) is 1.81. The van der Waals surface area contributed by atoms with Crippen LogP contribution in [0.2, 0.25) is 0 Å². The number of cyclic esters (lactones) is 1. The highest BCUT2D eigenvalue weighted by Crippen LogP contribution is 2.33. The number of alkyl halides is 3. The van der Waals surface area contributed by atoms with Gasteiger partial charge in [-0.15, -0.1) is 0 Å².